The van der Waals surface area contributed by atoms with E-state index in [4.69, 9.17) is 4.74 Å². The van der Waals surface area contributed by atoms with Crippen molar-refractivity contribution in [1.29, 1.82) is 5.26 Å². The van der Waals surface area contributed by atoms with Crippen LogP contribution in [0.4, 0.5) is 4.39 Å². The Morgan fingerprint density at radius 3 is 2.61 bits per heavy atom. The van der Waals surface area contributed by atoms with E-state index >= 15 is 0 Å². The number of aryl methyl sites for hydroxylation is 3. The molecule has 2 amide bonds. The van der Waals surface area contributed by atoms with Crippen LogP contribution >= 0.6 is 0 Å². The van der Waals surface area contributed by atoms with Gasteiger partial charge in [-0.3, -0.25) is 14.4 Å². The molecule has 0 spiro atoms. The van der Waals surface area contributed by atoms with Crippen molar-refractivity contribution >= 4 is 11.8 Å². The van der Waals surface area contributed by atoms with Gasteiger partial charge in [0.1, 0.15) is 17.6 Å². The molecule has 9 nitrogen and oxygen atoms in total. The van der Waals surface area contributed by atoms with Crippen molar-refractivity contribution in [3.63, 3.8) is 0 Å². The van der Waals surface area contributed by atoms with Crippen LogP contribution in [0.3, 0.4) is 0 Å². The molecule has 3 heterocycles. The van der Waals surface area contributed by atoms with Crippen molar-refractivity contribution in [3.05, 3.63) is 86.6 Å². The first kappa shape index (κ1) is 28.0. The molecule has 41 heavy (non-hydrogen) atoms. The summed E-state index contributed by atoms with van der Waals surface area (Å²) in [6.45, 7) is 8.97. The van der Waals surface area contributed by atoms with Crippen molar-refractivity contribution in [1.82, 2.24) is 20.4 Å². The molecule has 2 aromatic carbocycles. The monoisotopic (exact) mass is 557 g/mol. The number of amides is 2. The van der Waals surface area contributed by atoms with Gasteiger partial charge in [0.25, 0.3) is 5.91 Å². The van der Waals surface area contributed by atoms with Crippen molar-refractivity contribution < 1.29 is 18.7 Å². The molecule has 212 valence electrons. The Labute approximate surface area is 237 Å². The first-order valence-electron chi connectivity index (χ1n) is 13.5. The van der Waals surface area contributed by atoms with E-state index < -0.39 is 34.3 Å². The molecule has 2 aliphatic heterocycles. The first-order chi connectivity index (χ1) is 19.4. The standard InChI is InChI=1S/C31H32FN5O4/c1-17-6-8-21(32)14-22(17)31-11-10-26(30(4,5)16-33)37(31)29(40)23(15-31)34-27(38)20-7-9-24(18(2)12-20)41-25-13-19(3)35-36-28(25)39/h6-9,12-14,23,26H,10-11,15H2,1-5H3,(H,34,38)(H,36,39)/t23-,26+,31+/m0/s1. The zero-order valence-corrected chi connectivity index (χ0v) is 23.7. The van der Waals surface area contributed by atoms with Crippen LogP contribution in [0.5, 0.6) is 11.5 Å². The van der Waals surface area contributed by atoms with Crippen molar-refractivity contribution in [3.8, 4) is 17.6 Å². The molecule has 2 saturated heterocycles. The molecule has 3 aromatic rings. The van der Waals surface area contributed by atoms with Gasteiger partial charge in [-0.2, -0.15) is 10.4 Å². The first-order valence-corrected chi connectivity index (χ1v) is 13.5. The summed E-state index contributed by atoms with van der Waals surface area (Å²) in [5.41, 5.74) is 0.938. The average Bonchev–Trinajstić information content (AvgIpc) is 3.44. The predicted octanol–water partition coefficient (Wildman–Crippen LogP) is 4.56. The van der Waals surface area contributed by atoms with E-state index in [2.05, 4.69) is 21.6 Å². The predicted molar refractivity (Wildman–Crippen MR) is 149 cm³/mol. The van der Waals surface area contributed by atoms with Crippen LogP contribution in [-0.4, -0.2) is 39.0 Å². The van der Waals surface area contributed by atoms with Crippen LogP contribution in [0.1, 0.15) is 65.9 Å². The number of fused-ring (bicyclic) bond motifs is 1. The van der Waals surface area contributed by atoms with Crippen LogP contribution in [0, 0.1) is 43.3 Å². The van der Waals surface area contributed by atoms with Crippen LogP contribution in [-0.2, 0) is 10.3 Å². The maximum Gasteiger partial charge on any atom is 0.307 e. The topological polar surface area (TPSA) is 128 Å². The third-order valence-corrected chi connectivity index (χ3v) is 8.36. The molecular formula is C31H32FN5O4. The molecule has 3 atom stereocenters. The minimum Gasteiger partial charge on any atom is -0.451 e. The lowest BCUT2D eigenvalue weighted by molar-refractivity contribution is -0.135. The fourth-order valence-corrected chi connectivity index (χ4v) is 6.24. The number of carbonyl (C=O) groups excluding carboxylic acids is 2. The summed E-state index contributed by atoms with van der Waals surface area (Å²) in [5, 5.41) is 19.0. The highest BCUT2D eigenvalue weighted by molar-refractivity contribution is 5.99. The normalized spacial score (nSPS) is 21.9. The number of H-pyrrole nitrogens is 1. The molecule has 0 saturated carbocycles. The Balaban J connectivity index is 1.43. The summed E-state index contributed by atoms with van der Waals surface area (Å²) in [6.07, 6.45) is 1.43. The van der Waals surface area contributed by atoms with Crippen LogP contribution < -0.4 is 15.6 Å². The van der Waals surface area contributed by atoms with Crippen LogP contribution in [0.2, 0.25) is 0 Å². The summed E-state index contributed by atoms with van der Waals surface area (Å²) < 4.78 is 20.2. The number of halogens is 1. The maximum absolute atomic E-state index is 14.5. The van der Waals surface area contributed by atoms with Crippen molar-refractivity contribution in [2.24, 2.45) is 5.41 Å². The van der Waals surface area contributed by atoms with Crippen molar-refractivity contribution in [2.45, 2.75) is 71.5 Å². The zero-order valence-electron chi connectivity index (χ0n) is 23.7. The molecule has 1 aromatic heterocycles. The van der Waals surface area contributed by atoms with Gasteiger partial charge in [-0.1, -0.05) is 6.07 Å². The molecule has 10 heteroatoms. The molecule has 2 aliphatic rings. The van der Waals surface area contributed by atoms with E-state index in [1.54, 1.807) is 56.9 Å². The number of carbonyl (C=O) groups is 2. The van der Waals surface area contributed by atoms with Gasteiger partial charge in [0.15, 0.2) is 5.75 Å². The van der Waals surface area contributed by atoms with Gasteiger partial charge in [-0.15, -0.1) is 0 Å². The molecular weight excluding hydrogens is 525 g/mol. The summed E-state index contributed by atoms with van der Waals surface area (Å²) in [7, 11) is 0. The Morgan fingerprint density at radius 2 is 1.90 bits per heavy atom. The highest BCUT2D eigenvalue weighted by Crippen LogP contribution is 2.54. The number of nitrogens with zero attached hydrogens (tertiary/aromatic N) is 3. The SMILES string of the molecule is Cc1cc(Oc2ccc(C(=O)N[C@H]3C[C@@]4(c5cc(F)ccc5C)CC[C@H](C(C)(C)C#N)N4C3=O)cc2C)c(=O)[nH]n1. The van der Waals surface area contributed by atoms with E-state index in [0.29, 0.717) is 41.0 Å². The zero-order chi connectivity index (χ0) is 29.7. The summed E-state index contributed by atoms with van der Waals surface area (Å²) in [6, 6.07) is 12.0. The van der Waals surface area contributed by atoms with Crippen LogP contribution in [0.15, 0.2) is 47.3 Å². The summed E-state index contributed by atoms with van der Waals surface area (Å²) in [4.78, 5) is 41.1. The third kappa shape index (κ3) is 4.86. The van der Waals surface area contributed by atoms with Gasteiger partial charge in [0.2, 0.25) is 5.91 Å². The minimum atomic E-state index is -0.850. The van der Waals surface area contributed by atoms with Gasteiger partial charge in [0.05, 0.1) is 28.8 Å². The number of ether oxygens (including phenoxy) is 1. The number of aromatic amines is 1. The molecule has 5 rings (SSSR count). The van der Waals surface area contributed by atoms with Gasteiger partial charge in [-0.05, 0) is 94.5 Å². The fraction of sp³-hybridized carbons (Fsp3) is 0.387. The van der Waals surface area contributed by atoms with Gasteiger partial charge < -0.3 is 15.0 Å². The Hall–Kier alpha value is -4.52. The van der Waals surface area contributed by atoms with E-state index in [9.17, 15) is 24.0 Å². The Morgan fingerprint density at radius 1 is 1.15 bits per heavy atom. The van der Waals surface area contributed by atoms with Gasteiger partial charge in [0, 0.05) is 18.1 Å². The molecule has 0 bridgehead atoms. The van der Waals surface area contributed by atoms with Crippen molar-refractivity contribution in [2.75, 3.05) is 0 Å². The second-order valence-electron chi connectivity index (χ2n) is 11.6. The quantitative estimate of drug-likeness (QED) is 0.457. The fourth-order valence-electron chi connectivity index (χ4n) is 6.24. The van der Waals surface area contributed by atoms with Gasteiger partial charge >= 0.3 is 5.56 Å². The van der Waals surface area contributed by atoms with E-state index in [1.807, 2.05) is 6.92 Å². The van der Waals surface area contributed by atoms with E-state index in [0.717, 1.165) is 5.56 Å². The smallest absolute Gasteiger partial charge is 0.307 e. The Kier molecular flexibility index (Phi) is 6.93. The maximum atomic E-state index is 14.5. The summed E-state index contributed by atoms with van der Waals surface area (Å²) >= 11 is 0. The molecule has 2 N–H and O–H groups in total. The minimum absolute atomic E-state index is 0.0859. The number of nitrogens with one attached hydrogen (secondary N) is 2. The number of hydrogen-bond acceptors (Lipinski definition) is 6. The number of benzene rings is 2. The molecule has 0 aliphatic carbocycles. The molecule has 0 unspecified atom stereocenters. The Bertz CT molecular complexity index is 1660. The largest absolute Gasteiger partial charge is 0.451 e. The van der Waals surface area contributed by atoms with E-state index in [-0.39, 0.29) is 24.1 Å². The number of aromatic nitrogens is 2. The summed E-state index contributed by atoms with van der Waals surface area (Å²) in [5.74, 6) is -0.639. The lowest BCUT2D eigenvalue weighted by atomic mass is 9.82. The number of hydrogen-bond donors (Lipinski definition) is 2. The van der Waals surface area contributed by atoms with Gasteiger partial charge in [-0.25, -0.2) is 9.49 Å². The lowest BCUT2D eigenvalue weighted by Gasteiger charge is -2.40. The molecule has 0 radical (unpaired) electrons. The number of nitriles is 1. The lowest BCUT2D eigenvalue weighted by Crippen LogP contribution is -2.50. The average molecular weight is 558 g/mol. The van der Waals surface area contributed by atoms with Crippen LogP contribution in [0.25, 0.3) is 0 Å². The highest BCUT2D eigenvalue weighted by Gasteiger charge is 2.61. The highest BCUT2D eigenvalue weighted by atomic mass is 19.1. The number of rotatable bonds is 6. The second kappa shape index (κ2) is 10.1. The van der Waals surface area contributed by atoms with E-state index in [1.165, 1.54) is 18.2 Å². The third-order valence-electron chi connectivity index (χ3n) is 8.36. The second-order valence-corrected chi connectivity index (χ2v) is 11.6. The molecule has 2 fully saturated rings.